The summed E-state index contributed by atoms with van der Waals surface area (Å²) in [6.07, 6.45) is 1.67. The molecule has 3 heteroatoms. The Morgan fingerprint density at radius 1 is 1.80 bits per heavy atom. The summed E-state index contributed by atoms with van der Waals surface area (Å²) in [6.45, 7) is 0. The van der Waals surface area contributed by atoms with Crippen LogP contribution in [0.4, 0.5) is 0 Å². The van der Waals surface area contributed by atoms with Gasteiger partial charge in [0, 0.05) is 0 Å². The van der Waals surface area contributed by atoms with E-state index >= 15 is 0 Å². The molecule has 0 aromatic carbocycles. The first kappa shape index (κ1) is 3.26. The van der Waals surface area contributed by atoms with Crippen LogP contribution in [-0.4, -0.2) is 16.0 Å². The first-order chi connectivity index (χ1) is 2.50. The van der Waals surface area contributed by atoms with E-state index in [1.54, 1.807) is 6.26 Å². The van der Waals surface area contributed by atoms with Crippen molar-refractivity contribution in [2.45, 2.75) is 0 Å². The maximum atomic E-state index is 4.56. The minimum absolute atomic E-state index is 0.201. The van der Waals surface area contributed by atoms with E-state index in [1.165, 1.54) is 0 Å². The Bertz CT molecular complexity index is 47.6. The molecule has 0 saturated heterocycles. The molecule has 1 aliphatic heterocycles. The van der Waals surface area contributed by atoms with Gasteiger partial charge in [-0.3, -0.25) is 0 Å². The molecule has 0 bridgehead atoms. The average molecular weight is 132 g/mol. The van der Waals surface area contributed by atoms with Gasteiger partial charge in [-0.1, -0.05) is 0 Å². The molecule has 0 aromatic rings. The van der Waals surface area contributed by atoms with Crippen LogP contribution < -0.4 is 4.40 Å². The molecule has 0 amide bonds. The van der Waals surface area contributed by atoms with Crippen molar-refractivity contribution in [1.82, 2.24) is 4.40 Å². The number of hydrogen-bond donors (Lipinski definition) is 1. The van der Waals surface area contributed by atoms with Crippen LogP contribution in [0, 0.1) is 0 Å². The average Bonchev–Trinajstić information content (AvgIpc) is 1.76. The zero-order chi connectivity index (χ0) is 3.54. The van der Waals surface area contributed by atoms with Crippen molar-refractivity contribution in [3.05, 3.63) is 11.1 Å². The fourth-order valence-electron chi connectivity index (χ4n) is 0.152. The Morgan fingerprint density at radius 2 is 2.80 bits per heavy atom. The summed E-state index contributed by atoms with van der Waals surface area (Å²) in [5.41, 5.74) is 0. The van der Waals surface area contributed by atoms with Crippen molar-refractivity contribution in [2.24, 2.45) is 0 Å². The number of rotatable bonds is 0. The summed E-state index contributed by atoms with van der Waals surface area (Å²) in [5, 5.41) is 0. The molecule has 0 aromatic heterocycles. The SMILES string of the molecule is C1=C[As]NO1. The van der Waals surface area contributed by atoms with Crippen molar-refractivity contribution >= 4 is 16.0 Å². The van der Waals surface area contributed by atoms with Gasteiger partial charge in [-0.2, -0.15) is 0 Å². The molecule has 2 nitrogen and oxygen atoms in total. The molecule has 0 atom stereocenters. The fraction of sp³-hybridized carbons (Fsp3) is 0. The van der Waals surface area contributed by atoms with E-state index in [0.29, 0.717) is 0 Å². The second-order valence-corrected chi connectivity index (χ2v) is 2.17. The molecular weight excluding hydrogens is 129 g/mol. The Kier molecular flexibility index (Phi) is 0.966. The summed E-state index contributed by atoms with van der Waals surface area (Å²) in [7, 11) is 0. The van der Waals surface area contributed by atoms with Crippen molar-refractivity contribution in [2.75, 3.05) is 0 Å². The Hall–Kier alpha value is 0.0584. The Balaban J connectivity index is 2.32. The number of hydrogen-bond acceptors (Lipinski definition) is 2. The maximum absolute atomic E-state index is 4.56. The van der Waals surface area contributed by atoms with Crippen LogP contribution in [0.5, 0.6) is 0 Å². The van der Waals surface area contributed by atoms with Gasteiger partial charge in [-0.15, -0.1) is 0 Å². The van der Waals surface area contributed by atoms with Crippen molar-refractivity contribution in [3.8, 4) is 0 Å². The Morgan fingerprint density at radius 3 is 3.00 bits per heavy atom. The molecule has 0 saturated carbocycles. The van der Waals surface area contributed by atoms with Gasteiger partial charge in [0.15, 0.2) is 0 Å². The summed E-state index contributed by atoms with van der Waals surface area (Å²) in [6, 6.07) is 0. The minimum atomic E-state index is 0.201. The van der Waals surface area contributed by atoms with Crippen molar-refractivity contribution < 1.29 is 4.84 Å². The van der Waals surface area contributed by atoms with Crippen LogP contribution in [-0.2, 0) is 4.84 Å². The Labute approximate surface area is 37.1 Å². The summed E-state index contributed by atoms with van der Waals surface area (Å²) in [5.74, 6) is 0. The second-order valence-electron chi connectivity index (χ2n) is 0.623. The van der Waals surface area contributed by atoms with E-state index in [9.17, 15) is 0 Å². The molecule has 0 fully saturated rings. The summed E-state index contributed by atoms with van der Waals surface area (Å²) >= 11 is 0.201. The van der Waals surface area contributed by atoms with E-state index in [2.05, 4.69) is 9.23 Å². The van der Waals surface area contributed by atoms with Crippen LogP contribution in [0.3, 0.4) is 0 Å². The predicted octanol–water partition coefficient (Wildman–Crippen LogP) is -0.388. The predicted molar refractivity (Wildman–Crippen MR) is 19.1 cm³/mol. The van der Waals surface area contributed by atoms with E-state index in [1.807, 2.05) is 4.86 Å². The second kappa shape index (κ2) is 1.48. The first-order valence-electron chi connectivity index (χ1n) is 1.25. The molecule has 1 N–H and O–H groups in total. The van der Waals surface area contributed by atoms with Gasteiger partial charge < -0.3 is 0 Å². The zero-order valence-electron chi connectivity index (χ0n) is 2.51. The van der Waals surface area contributed by atoms with Crippen LogP contribution >= 0.6 is 0 Å². The molecule has 5 heavy (non-hydrogen) atoms. The van der Waals surface area contributed by atoms with Crippen molar-refractivity contribution in [3.63, 3.8) is 0 Å². The molecule has 1 heterocycles. The standard InChI is InChI=1S/C2H3AsNO/c1-2-5-4-3-1/h1-2,4H. The van der Waals surface area contributed by atoms with E-state index in [4.69, 9.17) is 0 Å². The monoisotopic (exact) mass is 132 g/mol. The van der Waals surface area contributed by atoms with Gasteiger partial charge in [0.05, 0.1) is 0 Å². The van der Waals surface area contributed by atoms with Crippen LogP contribution in [0.15, 0.2) is 11.1 Å². The summed E-state index contributed by atoms with van der Waals surface area (Å²) < 4.78 is 2.70. The van der Waals surface area contributed by atoms with Gasteiger partial charge >= 0.3 is 36.3 Å². The third-order valence-corrected chi connectivity index (χ3v) is 1.32. The molecule has 27 valence electrons. The van der Waals surface area contributed by atoms with E-state index in [0.717, 1.165) is 0 Å². The molecule has 0 aliphatic carbocycles. The van der Waals surface area contributed by atoms with E-state index < -0.39 is 0 Å². The van der Waals surface area contributed by atoms with Gasteiger partial charge in [-0.25, -0.2) is 0 Å². The molecule has 0 spiro atoms. The third-order valence-electron chi connectivity index (χ3n) is 0.309. The van der Waals surface area contributed by atoms with Gasteiger partial charge in [0.25, 0.3) is 0 Å². The zero-order valence-corrected chi connectivity index (χ0v) is 4.39. The first-order valence-corrected chi connectivity index (χ1v) is 3.28. The van der Waals surface area contributed by atoms with Crippen LogP contribution in [0.25, 0.3) is 0 Å². The fourth-order valence-corrected chi connectivity index (χ4v) is 0.791. The molecule has 0 unspecified atom stereocenters. The summed E-state index contributed by atoms with van der Waals surface area (Å²) in [4.78, 5) is 6.55. The molecule has 1 rings (SSSR count). The quantitative estimate of drug-likeness (QED) is 0.453. The van der Waals surface area contributed by atoms with Gasteiger partial charge in [0.2, 0.25) is 0 Å². The normalized spacial score (nSPS) is 24.0. The van der Waals surface area contributed by atoms with Crippen LogP contribution in [0.2, 0.25) is 0 Å². The molecule has 1 radical (unpaired) electrons. The van der Waals surface area contributed by atoms with E-state index in [-0.39, 0.29) is 16.0 Å². The van der Waals surface area contributed by atoms with Gasteiger partial charge in [-0.05, 0) is 0 Å². The van der Waals surface area contributed by atoms with Crippen LogP contribution in [0.1, 0.15) is 0 Å². The molecular formula is C2H3AsNO. The third kappa shape index (κ3) is 0.672. The topological polar surface area (TPSA) is 21.3 Å². The van der Waals surface area contributed by atoms with Crippen molar-refractivity contribution in [1.29, 1.82) is 0 Å². The number of nitrogens with one attached hydrogen (secondary N) is 1. The molecule has 1 aliphatic rings. The van der Waals surface area contributed by atoms with Gasteiger partial charge in [0.1, 0.15) is 0 Å².